The first-order valence-electron chi connectivity index (χ1n) is 7.58. The van der Waals surface area contributed by atoms with Crippen LogP contribution in [0.2, 0.25) is 0 Å². The van der Waals surface area contributed by atoms with E-state index < -0.39 is 0 Å². The molecule has 1 heteroatoms. The average molecular weight is 239 g/mol. The second-order valence-corrected chi connectivity index (χ2v) is 7.19. The third-order valence-corrected chi connectivity index (χ3v) is 4.64. The highest BCUT2D eigenvalue weighted by atomic mass is 15.1. The molecular formula is C16H33N. The minimum Gasteiger partial charge on any atom is -0.303 e. The molecule has 1 nitrogen and oxygen atoms in total. The summed E-state index contributed by atoms with van der Waals surface area (Å²) in [6.45, 7) is 13.4. The molecule has 0 aliphatic carbocycles. The molecule has 3 unspecified atom stereocenters. The lowest BCUT2D eigenvalue weighted by Gasteiger charge is -2.34. The van der Waals surface area contributed by atoms with Gasteiger partial charge < -0.3 is 4.90 Å². The third-order valence-electron chi connectivity index (χ3n) is 4.64. The van der Waals surface area contributed by atoms with Gasteiger partial charge in [0.1, 0.15) is 0 Å². The van der Waals surface area contributed by atoms with Gasteiger partial charge >= 0.3 is 0 Å². The van der Waals surface area contributed by atoms with Crippen molar-refractivity contribution in [1.29, 1.82) is 0 Å². The minimum absolute atomic E-state index is 0.514. The Balaban J connectivity index is 2.81. The summed E-state index contributed by atoms with van der Waals surface area (Å²) < 4.78 is 0. The van der Waals surface area contributed by atoms with E-state index in [0.29, 0.717) is 5.41 Å². The number of nitrogens with zero attached hydrogens (tertiary/aromatic N) is 1. The average Bonchev–Trinajstić information content (AvgIpc) is 2.27. The molecule has 0 aromatic heterocycles. The zero-order chi connectivity index (χ0) is 13.1. The predicted octanol–water partition coefficient (Wildman–Crippen LogP) is 4.57. The smallest absolute Gasteiger partial charge is 0.00947 e. The van der Waals surface area contributed by atoms with E-state index in [1.165, 1.54) is 38.6 Å². The molecule has 102 valence electrons. The van der Waals surface area contributed by atoms with Gasteiger partial charge in [-0.3, -0.25) is 0 Å². The van der Waals surface area contributed by atoms with Crippen LogP contribution in [0, 0.1) is 17.3 Å². The summed E-state index contributed by atoms with van der Waals surface area (Å²) in [5.41, 5.74) is 0.514. The molecule has 1 fully saturated rings. The van der Waals surface area contributed by atoms with Crippen LogP contribution in [0.25, 0.3) is 0 Å². The molecule has 17 heavy (non-hydrogen) atoms. The van der Waals surface area contributed by atoms with Crippen molar-refractivity contribution in [3.63, 3.8) is 0 Å². The van der Waals surface area contributed by atoms with Gasteiger partial charge in [0.25, 0.3) is 0 Å². The zero-order valence-corrected chi connectivity index (χ0v) is 12.9. The molecule has 1 heterocycles. The Kier molecular flexibility index (Phi) is 5.50. The van der Waals surface area contributed by atoms with Gasteiger partial charge in [0.15, 0.2) is 0 Å². The molecule has 3 atom stereocenters. The first-order valence-corrected chi connectivity index (χ1v) is 7.58. The van der Waals surface area contributed by atoms with Crippen molar-refractivity contribution in [2.75, 3.05) is 13.6 Å². The van der Waals surface area contributed by atoms with Gasteiger partial charge in [-0.1, -0.05) is 41.0 Å². The summed E-state index contributed by atoms with van der Waals surface area (Å²) in [6, 6.07) is 0.781. The fraction of sp³-hybridized carbons (Fsp3) is 1.00. The zero-order valence-electron chi connectivity index (χ0n) is 12.9. The lowest BCUT2D eigenvalue weighted by atomic mass is 9.75. The fourth-order valence-electron chi connectivity index (χ4n) is 3.79. The van der Waals surface area contributed by atoms with Gasteiger partial charge in [0.05, 0.1) is 0 Å². The molecule has 0 N–H and O–H groups in total. The van der Waals surface area contributed by atoms with E-state index in [1.807, 2.05) is 0 Å². The quantitative estimate of drug-likeness (QED) is 0.682. The molecule has 0 bridgehead atoms. The molecule has 0 aromatic rings. The van der Waals surface area contributed by atoms with Gasteiger partial charge in [-0.2, -0.15) is 0 Å². The topological polar surface area (TPSA) is 3.24 Å². The van der Waals surface area contributed by atoms with Crippen LogP contribution >= 0.6 is 0 Å². The van der Waals surface area contributed by atoms with Crippen molar-refractivity contribution in [3.05, 3.63) is 0 Å². The maximum atomic E-state index is 2.62. The molecule has 1 rings (SSSR count). The normalized spacial score (nSPS) is 36.0. The summed E-state index contributed by atoms with van der Waals surface area (Å²) in [7, 11) is 2.33. The molecular weight excluding hydrogens is 206 g/mol. The van der Waals surface area contributed by atoms with Crippen LogP contribution in [0.4, 0.5) is 0 Å². The Hall–Kier alpha value is -0.0400. The standard InChI is InChI=1S/C16H33N/c1-7-14-9-13(3)12-17(6)15(8-2)11-16(4,5)10-14/h13-15H,7-12H2,1-6H3. The van der Waals surface area contributed by atoms with Crippen LogP contribution in [0.1, 0.15) is 66.7 Å². The van der Waals surface area contributed by atoms with Crippen molar-refractivity contribution in [3.8, 4) is 0 Å². The van der Waals surface area contributed by atoms with Gasteiger partial charge in [-0.05, 0) is 50.0 Å². The van der Waals surface area contributed by atoms with Crippen molar-refractivity contribution in [2.45, 2.75) is 72.8 Å². The number of hydrogen-bond acceptors (Lipinski definition) is 1. The Morgan fingerprint density at radius 3 is 2.29 bits per heavy atom. The van der Waals surface area contributed by atoms with Crippen LogP contribution < -0.4 is 0 Å². The molecule has 1 aliphatic rings. The van der Waals surface area contributed by atoms with Crippen molar-refractivity contribution in [2.24, 2.45) is 17.3 Å². The minimum atomic E-state index is 0.514. The second-order valence-electron chi connectivity index (χ2n) is 7.19. The summed E-state index contributed by atoms with van der Waals surface area (Å²) in [5.74, 6) is 1.79. The number of hydrogen-bond donors (Lipinski definition) is 0. The SMILES string of the molecule is CCC1CC(C)CN(C)C(CC)CC(C)(C)C1. The molecule has 0 spiro atoms. The highest BCUT2D eigenvalue weighted by Crippen LogP contribution is 2.37. The number of rotatable bonds is 2. The van der Waals surface area contributed by atoms with E-state index in [2.05, 4.69) is 46.6 Å². The van der Waals surface area contributed by atoms with E-state index in [1.54, 1.807) is 0 Å². The predicted molar refractivity (Wildman–Crippen MR) is 77.3 cm³/mol. The van der Waals surface area contributed by atoms with Gasteiger partial charge in [0, 0.05) is 12.6 Å². The third kappa shape index (κ3) is 4.62. The van der Waals surface area contributed by atoms with E-state index in [4.69, 9.17) is 0 Å². The summed E-state index contributed by atoms with van der Waals surface area (Å²) >= 11 is 0. The lowest BCUT2D eigenvalue weighted by Crippen LogP contribution is -2.36. The Morgan fingerprint density at radius 2 is 1.76 bits per heavy atom. The van der Waals surface area contributed by atoms with E-state index in [9.17, 15) is 0 Å². The Labute approximate surface area is 109 Å². The Bertz CT molecular complexity index is 222. The van der Waals surface area contributed by atoms with Crippen LogP contribution in [0.5, 0.6) is 0 Å². The van der Waals surface area contributed by atoms with Crippen molar-refractivity contribution >= 4 is 0 Å². The van der Waals surface area contributed by atoms with Gasteiger partial charge in [0.2, 0.25) is 0 Å². The maximum Gasteiger partial charge on any atom is 0.00947 e. The highest BCUT2D eigenvalue weighted by molar-refractivity contribution is 4.83. The van der Waals surface area contributed by atoms with Gasteiger partial charge in [-0.25, -0.2) is 0 Å². The molecule has 1 aliphatic heterocycles. The molecule has 0 saturated carbocycles. The summed E-state index contributed by atoms with van der Waals surface area (Å²) in [6.07, 6.45) is 6.85. The monoisotopic (exact) mass is 239 g/mol. The molecule has 0 amide bonds. The highest BCUT2D eigenvalue weighted by Gasteiger charge is 2.30. The van der Waals surface area contributed by atoms with Crippen LogP contribution in [-0.4, -0.2) is 24.5 Å². The molecule has 1 saturated heterocycles. The van der Waals surface area contributed by atoms with Crippen LogP contribution in [0.3, 0.4) is 0 Å². The first-order chi connectivity index (χ1) is 7.88. The van der Waals surface area contributed by atoms with Crippen LogP contribution in [0.15, 0.2) is 0 Å². The molecule has 0 aromatic carbocycles. The Morgan fingerprint density at radius 1 is 1.12 bits per heavy atom. The van der Waals surface area contributed by atoms with E-state index in [0.717, 1.165) is 17.9 Å². The summed E-state index contributed by atoms with van der Waals surface area (Å²) in [5, 5.41) is 0. The largest absolute Gasteiger partial charge is 0.303 e. The first kappa shape index (κ1) is 15.0. The fourth-order valence-corrected chi connectivity index (χ4v) is 3.79. The van der Waals surface area contributed by atoms with Crippen molar-refractivity contribution < 1.29 is 0 Å². The molecule has 0 radical (unpaired) electrons. The van der Waals surface area contributed by atoms with Crippen molar-refractivity contribution in [1.82, 2.24) is 4.90 Å². The van der Waals surface area contributed by atoms with Gasteiger partial charge in [-0.15, -0.1) is 0 Å². The second kappa shape index (κ2) is 6.22. The lowest BCUT2D eigenvalue weighted by molar-refractivity contribution is 0.154. The van der Waals surface area contributed by atoms with E-state index >= 15 is 0 Å². The van der Waals surface area contributed by atoms with E-state index in [-0.39, 0.29) is 0 Å². The summed E-state index contributed by atoms with van der Waals surface area (Å²) in [4.78, 5) is 2.62. The van der Waals surface area contributed by atoms with Crippen LogP contribution in [-0.2, 0) is 0 Å². The maximum absolute atomic E-state index is 2.62.